The molecular weight excluding hydrogens is 417 g/mol. The number of nitrogens with one attached hydrogen (secondary N) is 1. The SMILES string of the molecule is CN1CCC[C@@H]1C1=CN(c2c[nH]c3ncc(C(F)(F)F)c(N4CCCC(N)C4)c23)CC=C1. The fourth-order valence-corrected chi connectivity index (χ4v) is 5.31. The zero-order valence-corrected chi connectivity index (χ0v) is 18.2. The number of piperidine rings is 1. The Balaban J connectivity index is 1.63. The van der Waals surface area contributed by atoms with Crippen LogP contribution in [0.15, 0.2) is 36.3 Å². The molecule has 5 heterocycles. The number of fused-ring (bicyclic) bond motifs is 1. The molecule has 0 aliphatic carbocycles. The van der Waals surface area contributed by atoms with Crippen LogP contribution < -0.4 is 15.5 Å². The van der Waals surface area contributed by atoms with E-state index in [2.05, 4.69) is 40.3 Å². The number of aromatic nitrogens is 2. The standard InChI is InChI=1S/C23H29F3N6/c1-30-8-4-7-18(30)15-5-2-9-31(13-15)19-12-29-22-20(19)21(17(11-28-22)23(24,25)26)32-10-3-6-16(27)14-32/h2,5,11-13,16,18H,3-4,6-10,14,27H2,1H3,(H,28,29)/t16?,18-/m1/s1. The Morgan fingerprint density at radius 3 is 2.72 bits per heavy atom. The molecule has 2 fully saturated rings. The van der Waals surface area contributed by atoms with Crippen molar-refractivity contribution in [3.8, 4) is 0 Å². The number of likely N-dealkylation sites (tertiary alicyclic amines) is 1. The summed E-state index contributed by atoms with van der Waals surface area (Å²) >= 11 is 0. The van der Waals surface area contributed by atoms with Gasteiger partial charge in [0.1, 0.15) is 5.65 Å². The predicted octanol–water partition coefficient (Wildman–Crippen LogP) is 3.86. The number of hydrogen-bond acceptors (Lipinski definition) is 5. The summed E-state index contributed by atoms with van der Waals surface area (Å²) in [7, 11) is 2.12. The van der Waals surface area contributed by atoms with Gasteiger partial charge in [0.15, 0.2) is 0 Å². The van der Waals surface area contributed by atoms with Crippen LogP contribution in [0.1, 0.15) is 31.2 Å². The van der Waals surface area contributed by atoms with Crippen molar-refractivity contribution in [2.45, 2.75) is 43.9 Å². The summed E-state index contributed by atoms with van der Waals surface area (Å²) in [6.45, 7) is 2.61. The van der Waals surface area contributed by atoms with Gasteiger partial charge in [0.2, 0.25) is 0 Å². The molecule has 0 radical (unpaired) electrons. The van der Waals surface area contributed by atoms with Crippen LogP contribution >= 0.6 is 0 Å². The molecule has 0 saturated carbocycles. The number of H-pyrrole nitrogens is 1. The van der Waals surface area contributed by atoms with Gasteiger partial charge in [-0.3, -0.25) is 4.90 Å². The minimum Gasteiger partial charge on any atom is -0.369 e. The van der Waals surface area contributed by atoms with Crippen molar-refractivity contribution in [2.75, 3.05) is 43.0 Å². The van der Waals surface area contributed by atoms with Gasteiger partial charge < -0.3 is 20.5 Å². The fraction of sp³-hybridized carbons (Fsp3) is 0.522. The molecule has 2 atom stereocenters. The molecule has 2 aromatic heterocycles. The Bertz CT molecular complexity index is 1060. The maximum Gasteiger partial charge on any atom is 0.419 e. The van der Waals surface area contributed by atoms with Crippen molar-refractivity contribution in [1.82, 2.24) is 14.9 Å². The first-order valence-corrected chi connectivity index (χ1v) is 11.3. The van der Waals surface area contributed by atoms with Gasteiger partial charge in [-0.1, -0.05) is 12.2 Å². The highest BCUT2D eigenvalue weighted by Gasteiger charge is 2.38. The Labute approximate surface area is 185 Å². The molecule has 0 bridgehead atoms. The van der Waals surface area contributed by atoms with E-state index in [4.69, 9.17) is 5.73 Å². The maximum atomic E-state index is 14.1. The molecule has 32 heavy (non-hydrogen) atoms. The number of halogens is 3. The molecule has 2 saturated heterocycles. The number of likely N-dealkylation sites (N-methyl/N-ethyl adjacent to an activating group) is 1. The molecule has 0 spiro atoms. The fourth-order valence-electron chi connectivity index (χ4n) is 5.31. The third-order valence-electron chi connectivity index (χ3n) is 6.86. The number of pyridine rings is 1. The van der Waals surface area contributed by atoms with Crippen LogP contribution in [0.3, 0.4) is 0 Å². The second-order valence-electron chi connectivity index (χ2n) is 9.09. The van der Waals surface area contributed by atoms with Crippen LogP contribution in [0.2, 0.25) is 0 Å². The van der Waals surface area contributed by atoms with E-state index in [1.165, 1.54) is 5.57 Å². The second-order valence-corrected chi connectivity index (χ2v) is 9.09. The molecule has 0 amide bonds. The number of hydrogen-bond donors (Lipinski definition) is 2. The summed E-state index contributed by atoms with van der Waals surface area (Å²) in [5, 5.41) is 0.514. The molecule has 9 heteroatoms. The summed E-state index contributed by atoms with van der Waals surface area (Å²) in [4.78, 5) is 13.4. The average molecular weight is 447 g/mol. The van der Waals surface area contributed by atoms with Crippen LogP contribution in [0.25, 0.3) is 11.0 Å². The molecule has 1 unspecified atom stereocenters. The van der Waals surface area contributed by atoms with Gasteiger partial charge in [0.05, 0.1) is 22.3 Å². The minimum absolute atomic E-state index is 0.141. The van der Waals surface area contributed by atoms with E-state index in [-0.39, 0.29) is 11.7 Å². The topological polar surface area (TPSA) is 64.4 Å². The van der Waals surface area contributed by atoms with Crippen molar-refractivity contribution in [3.63, 3.8) is 0 Å². The third kappa shape index (κ3) is 3.77. The molecule has 6 nitrogen and oxygen atoms in total. The number of anilines is 2. The summed E-state index contributed by atoms with van der Waals surface area (Å²) in [6, 6.07) is 0.195. The van der Waals surface area contributed by atoms with Crippen LogP contribution in [0, 0.1) is 0 Å². The number of aromatic amines is 1. The van der Waals surface area contributed by atoms with Crippen molar-refractivity contribution < 1.29 is 13.2 Å². The molecule has 5 rings (SSSR count). The summed E-state index contributed by atoms with van der Waals surface area (Å²) in [5.41, 5.74) is 8.00. The van der Waals surface area contributed by atoms with E-state index in [0.29, 0.717) is 36.7 Å². The molecule has 3 aliphatic heterocycles. The molecule has 2 aromatic rings. The molecular formula is C23H29F3N6. The van der Waals surface area contributed by atoms with Crippen LogP contribution in [-0.2, 0) is 6.18 Å². The minimum atomic E-state index is -4.50. The number of nitrogens with zero attached hydrogens (tertiary/aromatic N) is 4. The Kier molecular flexibility index (Phi) is 5.41. The quantitative estimate of drug-likeness (QED) is 0.750. The van der Waals surface area contributed by atoms with Crippen molar-refractivity contribution in [3.05, 3.63) is 41.9 Å². The lowest BCUT2D eigenvalue weighted by Gasteiger charge is -2.35. The van der Waals surface area contributed by atoms with Gasteiger partial charge >= 0.3 is 6.18 Å². The summed E-state index contributed by atoms with van der Waals surface area (Å²) in [6.07, 6.45) is 8.36. The zero-order chi connectivity index (χ0) is 22.5. The van der Waals surface area contributed by atoms with Gasteiger partial charge in [-0.2, -0.15) is 13.2 Å². The van der Waals surface area contributed by atoms with Gasteiger partial charge in [0, 0.05) is 50.3 Å². The second kappa shape index (κ2) is 8.12. The van der Waals surface area contributed by atoms with E-state index in [0.717, 1.165) is 44.1 Å². The van der Waals surface area contributed by atoms with Crippen molar-refractivity contribution in [2.24, 2.45) is 5.73 Å². The lowest BCUT2D eigenvalue weighted by Crippen LogP contribution is -2.43. The van der Waals surface area contributed by atoms with E-state index in [9.17, 15) is 13.2 Å². The number of nitrogens with two attached hydrogens (primary N) is 1. The van der Waals surface area contributed by atoms with Crippen molar-refractivity contribution >= 4 is 22.4 Å². The first kappa shape index (κ1) is 21.3. The van der Waals surface area contributed by atoms with Gasteiger partial charge in [-0.25, -0.2) is 4.98 Å². The Hall–Kier alpha value is -2.52. The van der Waals surface area contributed by atoms with Crippen LogP contribution in [-0.4, -0.2) is 60.2 Å². The zero-order valence-electron chi connectivity index (χ0n) is 18.2. The molecule has 3 N–H and O–H groups in total. The van der Waals surface area contributed by atoms with E-state index < -0.39 is 11.7 Å². The molecule has 0 aromatic carbocycles. The lowest BCUT2D eigenvalue weighted by atomic mass is 10.0. The van der Waals surface area contributed by atoms with Gasteiger partial charge in [0.25, 0.3) is 0 Å². The monoisotopic (exact) mass is 446 g/mol. The highest BCUT2D eigenvalue weighted by Crippen LogP contribution is 2.44. The van der Waals surface area contributed by atoms with Gasteiger partial charge in [-0.05, 0) is 44.8 Å². The van der Waals surface area contributed by atoms with Crippen LogP contribution in [0.5, 0.6) is 0 Å². The third-order valence-corrected chi connectivity index (χ3v) is 6.86. The van der Waals surface area contributed by atoms with E-state index >= 15 is 0 Å². The van der Waals surface area contributed by atoms with E-state index in [1.807, 2.05) is 4.90 Å². The highest BCUT2D eigenvalue weighted by atomic mass is 19.4. The highest BCUT2D eigenvalue weighted by molar-refractivity contribution is 6.03. The summed E-state index contributed by atoms with van der Waals surface area (Å²) < 4.78 is 42.2. The smallest absolute Gasteiger partial charge is 0.369 e. The van der Waals surface area contributed by atoms with Gasteiger partial charge in [-0.15, -0.1) is 0 Å². The average Bonchev–Trinajstić information content (AvgIpc) is 3.38. The maximum absolute atomic E-state index is 14.1. The first-order valence-electron chi connectivity index (χ1n) is 11.3. The normalized spacial score (nSPS) is 25.1. The molecule has 3 aliphatic rings. The summed E-state index contributed by atoms with van der Waals surface area (Å²) in [5.74, 6) is 0. The predicted molar refractivity (Wildman–Crippen MR) is 121 cm³/mol. The Morgan fingerprint density at radius 1 is 1.19 bits per heavy atom. The largest absolute Gasteiger partial charge is 0.419 e. The Morgan fingerprint density at radius 2 is 2.00 bits per heavy atom. The number of alkyl halides is 3. The van der Waals surface area contributed by atoms with Crippen LogP contribution in [0.4, 0.5) is 24.5 Å². The van der Waals surface area contributed by atoms with Crippen molar-refractivity contribution in [1.29, 1.82) is 0 Å². The molecule has 172 valence electrons. The first-order chi connectivity index (χ1) is 15.3. The lowest BCUT2D eigenvalue weighted by molar-refractivity contribution is -0.137. The van der Waals surface area contributed by atoms with E-state index in [1.54, 1.807) is 11.1 Å². The number of rotatable bonds is 3.